The number of amides is 2. The number of nitrogens with zero attached hydrogens (tertiary/aromatic N) is 4. The highest BCUT2D eigenvalue weighted by Gasteiger charge is 2.50. The number of H-pyrrole nitrogens is 1. The molecule has 2 saturated heterocycles. The van der Waals surface area contributed by atoms with Crippen LogP contribution in [0.3, 0.4) is 0 Å². The van der Waals surface area contributed by atoms with E-state index in [0.29, 0.717) is 25.0 Å². The second-order valence-corrected chi connectivity index (χ2v) is 6.99. The van der Waals surface area contributed by atoms with Gasteiger partial charge in [0.25, 0.3) is 5.91 Å². The molecule has 9 nitrogen and oxygen atoms in total. The topological polar surface area (TPSA) is 108 Å². The van der Waals surface area contributed by atoms with Crippen molar-refractivity contribution in [3.05, 3.63) is 24.0 Å². The molecule has 2 aromatic heterocycles. The molecule has 0 unspecified atom stereocenters. The number of hydrogen-bond donors (Lipinski definition) is 1. The summed E-state index contributed by atoms with van der Waals surface area (Å²) in [7, 11) is 1.36. The highest BCUT2D eigenvalue weighted by Crippen LogP contribution is 2.35. The van der Waals surface area contributed by atoms with E-state index in [2.05, 4.69) is 15.2 Å². The standard InChI is InChI=1S/C18H21N5O4/c1-3-14-12(18(26)27-2)6-11-8-22(9-15(24)23(11)14)17(25)13-5-4-10-7-19-21-16(10)20-13/h4-5,7,11-12,14H,3,6,8-9H2,1-2H3,(H,19,20,21)/t11-,12-,14-/m0/s1. The maximum absolute atomic E-state index is 12.9. The van der Waals surface area contributed by atoms with Crippen LogP contribution in [-0.2, 0) is 14.3 Å². The summed E-state index contributed by atoms with van der Waals surface area (Å²) in [6.45, 7) is 2.33. The number of fused-ring (bicyclic) bond motifs is 2. The molecule has 2 aliphatic heterocycles. The molecule has 0 saturated carbocycles. The first-order chi connectivity index (χ1) is 13.0. The average molecular weight is 371 g/mol. The zero-order chi connectivity index (χ0) is 19.1. The summed E-state index contributed by atoms with van der Waals surface area (Å²) in [5.41, 5.74) is 0.797. The first-order valence-electron chi connectivity index (χ1n) is 9.01. The minimum Gasteiger partial charge on any atom is -0.469 e. The van der Waals surface area contributed by atoms with Crippen LogP contribution in [0.5, 0.6) is 0 Å². The van der Waals surface area contributed by atoms with Gasteiger partial charge < -0.3 is 14.5 Å². The van der Waals surface area contributed by atoms with Crippen LogP contribution in [0.4, 0.5) is 0 Å². The fraction of sp³-hybridized carbons (Fsp3) is 0.500. The molecule has 4 rings (SSSR count). The highest BCUT2D eigenvalue weighted by atomic mass is 16.5. The summed E-state index contributed by atoms with van der Waals surface area (Å²) in [6, 6.07) is 3.05. The van der Waals surface area contributed by atoms with E-state index in [0.717, 1.165) is 5.39 Å². The zero-order valence-corrected chi connectivity index (χ0v) is 15.2. The molecule has 0 aliphatic carbocycles. The Labute approximate surface area is 155 Å². The van der Waals surface area contributed by atoms with Crippen molar-refractivity contribution in [1.82, 2.24) is 25.0 Å². The van der Waals surface area contributed by atoms with E-state index in [1.807, 2.05) is 6.92 Å². The van der Waals surface area contributed by atoms with Gasteiger partial charge in [-0.3, -0.25) is 19.5 Å². The Morgan fingerprint density at radius 3 is 2.93 bits per heavy atom. The summed E-state index contributed by atoms with van der Waals surface area (Å²) >= 11 is 0. The van der Waals surface area contributed by atoms with Crippen molar-refractivity contribution < 1.29 is 19.1 Å². The van der Waals surface area contributed by atoms with Crippen molar-refractivity contribution in [2.75, 3.05) is 20.2 Å². The third-order valence-corrected chi connectivity index (χ3v) is 5.52. The quantitative estimate of drug-likeness (QED) is 0.791. The Morgan fingerprint density at radius 2 is 2.19 bits per heavy atom. The predicted molar refractivity (Wildman–Crippen MR) is 94.6 cm³/mol. The Bertz CT molecular complexity index is 910. The maximum atomic E-state index is 12.9. The lowest BCUT2D eigenvalue weighted by molar-refractivity contribution is -0.147. The summed E-state index contributed by atoms with van der Waals surface area (Å²) in [4.78, 5) is 45.3. The number of ether oxygens (including phenoxy) is 1. The molecule has 0 aromatic carbocycles. The van der Waals surface area contributed by atoms with Crippen LogP contribution >= 0.6 is 0 Å². The summed E-state index contributed by atoms with van der Waals surface area (Å²) < 4.78 is 4.91. The molecule has 4 heterocycles. The third-order valence-electron chi connectivity index (χ3n) is 5.52. The number of methoxy groups -OCH3 is 1. The minimum atomic E-state index is -0.344. The molecule has 2 aliphatic rings. The molecule has 9 heteroatoms. The molecule has 1 N–H and O–H groups in total. The summed E-state index contributed by atoms with van der Waals surface area (Å²) in [5.74, 6) is -1.08. The molecule has 0 radical (unpaired) electrons. The van der Waals surface area contributed by atoms with Crippen LogP contribution in [0.25, 0.3) is 11.0 Å². The molecule has 2 aromatic rings. The molecular formula is C18H21N5O4. The Kier molecular flexibility index (Phi) is 4.29. The van der Waals surface area contributed by atoms with E-state index in [1.54, 1.807) is 23.2 Å². The van der Waals surface area contributed by atoms with Gasteiger partial charge in [-0.1, -0.05) is 6.92 Å². The van der Waals surface area contributed by atoms with Crippen molar-refractivity contribution in [2.45, 2.75) is 31.8 Å². The van der Waals surface area contributed by atoms with Crippen LogP contribution in [0.15, 0.2) is 18.3 Å². The van der Waals surface area contributed by atoms with Crippen LogP contribution < -0.4 is 0 Å². The second-order valence-electron chi connectivity index (χ2n) is 6.99. The van der Waals surface area contributed by atoms with Gasteiger partial charge in [0.05, 0.1) is 25.3 Å². The average Bonchev–Trinajstić information content (AvgIpc) is 3.30. The first kappa shape index (κ1) is 17.4. The van der Waals surface area contributed by atoms with Crippen molar-refractivity contribution in [3.63, 3.8) is 0 Å². The predicted octanol–water partition coefficient (Wildman–Crippen LogP) is 0.582. The third kappa shape index (κ3) is 2.83. The van der Waals surface area contributed by atoms with Crippen LogP contribution in [-0.4, -0.2) is 75.0 Å². The number of hydrogen-bond acceptors (Lipinski definition) is 6. The van der Waals surface area contributed by atoms with Crippen molar-refractivity contribution in [2.24, 2.45) is 5.92 Å². The largest absolute Gasteiger partial charge is 0.469 e. The van der Waals surface area contributed by atoms with Crippen LogP contribution in [0.2, 0.25) is 0 Å². The van der Waals surface area contributed by atoms with Crippen molar-refractivity contribution >= 4 is 28.8 Å². The van der Waals surface area contributed by atoms with E-state index in [1.165, 1.54) is 12.0 Å². The minimum absolute atomic E-state index is 0.0115. The lowest BCUT2D eigenvalue weighted by Crippen LogP contribution is -2.57. The van der Waals surface area contributed by atoms with Crippen LogP contribution in [0, 0.1) is 5.92 Å². The SMILES string of the molecule is CC[C@H]1[C@@H](C(=O)OC)C[C@H]2CN(C(=O)c3ccc4cn[nH]c4n3)CC(=O)N21. The lowest BCUT2D eigenvalue weighted by Gasteiger charge is -2.39. The van der Waals surface area contributed by atoms with E-state index in [9.17, 15) is 14.4 Å². The van der Waals surface area contributed by atoms with Gasteiger partial charge >= 0.3 is 5.97 Å². The number of carbonyl (C=O) groups excluding carboxylic acids is 3. The Morgan fingerprint density at radius 1 is 1.37 bits per heavy atom. The number of rotatable bonds is 3. The number of aromatic amines is 1. The van der Waals surface area contributed by atoms with Gasteiger partial charge in [-0.15, -0.1) is 0 Å². The van der Waals surface area contributed by atoms with E-state index >= 15 is 0 Å². The normalized spacial score (nSPS) is 25.0. The lowest BCUT2D eigenvalue weighted by atomic mass is 9.97. The zero-order valence-electron chi connectivity index (χ0n) is 15.2. The Hall–Kier alpha value is -2.97. The molecule has 27 heavy (non-hydrogen) atoms. The van der Waals surface area contributed by atoms with Gasteiger partial charge in [0.2, 0.25) is 5.91 Å². The first-order valence-corrected chi connectivity index (χ1v) is 9.01. The van der Waals surface area contributed by atoms with Gasteiger partial charge in [0, 0.05) is 18.0 Å². The number of aromatic nitrogens is 3. The van der Waals surface area contributed by atoms with E-state index in [4.69, 9.17) is 4.74 Å². The molecule has 0 spiro atoms. The van der Waals surface area contributed by atoms with Gasteiger partial charge in [-0.2, -0.15) is 5.10 Å². The second kappa shape index (κ2) is 6.64. The van der Waals surface area contributed by atoms with Gasteiger partial charge in [-0.25, -0.2) is 4.98 Å². The van der Waals surface area contributed by atoms with E-state index < -0.39 is 0 Å². The summed E-state index contributed by atoms with van der Waals surface area (Å²) in [6.07, 6.45) is 2.82. The van der Waals surface area contributed by atoms with Crippen molar-refractivity contribution in [3.8, 4) is 0 Å². The smallest absolute Gasteiger partial charge is 0.310 e. The molecule has 142 valence electrons. The van der Waals surface area contributed by atoms with Gasteiger partial charge in [-0.05, 0) is 25.0 Å². The fourth-order valence-corrected chi connectivity index (χ4v) is 4.29. The summed E-state index contributed by atoms with van der Waals surface area (Å²) in [5, 5.41) is 7.46. The van der Waals surface area contributed by atoms with Crippen LogP contribution in [0.1, 0.15) is 30.3 Å². The Balaban J connectivity index is 1.56. The maximum Gasteiger partial charge on any atom is 0.310 e. The number of piperazine rings is 1. The monoisotopic (exact) mass is 371 g/mol. The molecule has 2 fully saturated rings. The highest BCUT2D eigenvalue weighted by molar-refractivity contribution is 5.97. The number of esters is 1. The fourth-order valence-electron chi connectivity index (χ4n) is 4.29. The van der Waals surface area contributed by atoms with E-state index in [-0.39, 0.29) is 48.0 Å². The molecular weight excluding hydrogens is 350 g/mol. The number of nitrogens with one attached hydrogen (secondary N) is 1. The van der Waals surface area contributed by atoms with Gasteiger partial charge in [0.15, 0.2) is 5.65 Å². The number of carbonyl (C=O) groups is 3. The van der Waals surface area contributed by atoms with Crippen molar-refractivity contribution in [1.29, 1.82) is 0 Å². The molecule has 3 atom stereocenters. The molecule has 0 bridgehead atoms. The van der Waals surface area contributed by atoms with Gasteiger partial charge in [0.1, 0.15) is 12.2 Å². The number of pyridine rings is 1. The molecule has 2 amide bonds.